The van der Waals surface area contributed by atoms with E-state index >= 15 is 0 Å². The van der Waals surface area contributed by atoms with Crippen molar-refractivity contribution >= 4 is 39.1 Å². The molecule has 0 aliphatic carbocycles. The Morgan fingerprint density at radius 1 is 0.946 bits per heavy atom. The predicted octanol–water partition coefficient (Wildman–Crippen LogP) is 6.45. The minimum atomic E-state index is -0.819. The summed E-state index contributed by atoms with van der Waals surface area (Å²) < 4.78 is 12.3. The van der Waals surface area contributed by atoms with E-state index in [0.717, 1.165) is 21.2 Å². The molecule has 6 nitrogen and oxygen atoms in total. The number of nitrogens with zero attached hydrogens (tertiary/aromatic N) is 1. The Bertz CT molecular complexity index is 1440. The van der Waals surface area contributed by atoms with Gasteiger partial charge in [-0.2, -0.15) is 0 Å². The molecule has 1 fully saturated rings. The maximum atomic E-state index is 13.5. The van der Waals surface area contributed by atoms with Crippen LogP contribution >= 0.6 is 15.9 Å². The van der Waals surface area contributed by atoms with E-state index < -0.39 is 17.7 Å². The summed E-state index contributed by atoms with van der Waals surface area (Å²) in [5.74, 6) is -0.562. The van der Waals surface area contributed by atoms with Crippen molar-refractivity contribution in [3.63, 3.8) is 0 Å². The fourth-order valence-corrected chi connectivity index (χ4v) is 4.96. The van der Waals surface area contributed by atoms with E-state index in [4.69, 9.17) is 9.47 Å². The van der Waals surface area contributed by atoms with Crippen molar-refractivity contribution in [2.45, 2.75) is 39.2 Å². The number of benzene rings is 3. The van der Waals surface area contributed by atoms with E-state index in [1.807, 2.05) is 37.3 Å². The first-order valence-corrected chi connectivity index (χ1v) is 12.9. The van der Waals surface area contributed by atoms with Gasteiger partial charge in [0.2, 0.25) is 0 Å². The Morgan fingerprint density at radius 3 is 2.27 bits per heavy atom. The summed E-state index contributed by atoms with van der Waals surface area (Å²) in [5.41, 5.74) is 3.68. The summed E-state index contributed by atoms with van der Waals surface area (Å²) in [6, 6.07) is 17.5. The van der Waals surface area contributed by atoms with E-state index in [-0.39, 0.29) is 16.7 Å². The van der Waals surface area contributed by atoms with Crippen LogP contribution in [-0.2, 0) is 15.0 Å². The number of ketones is 1. The molecule has 1 amide bonds. The molecule has 1 saturated heterocycles. The highest BCUT2D eigenvalue weighted by molar-refractivity contribution is 9.10. The van der Waals surface area contributed by atoms with Crippen molar-refractivity contribution in [1.29, 1.82) is 0 Å². The maximum absolute atomic E-state index is 13.5. The van der Waals surface area contributed by atoms with Crippen molar-refractivity contribution in [3.8, 4) is 11.5 Å². The molecule has 2 aliphatic rings. The molecular formula is C30H28BrNO5. The fraction of sp³-hybridized carbons (Fsp3) is 0.267. The smallest absolute Gasteiger partial charge is 0.300 e. The predicted molar refractivity (Wildman–Crippen MR) is 146 cm³/mol. The summed E-state index contributed by atoms with van der Waals surface area (Å²) in [4.78, 5) is 28.4. The third kappa shape index (κ3) is 4.53. The number of hydrogen-bond donors (Lipinski definition) is 1. The zero-order chi connectivity index (χ0) is 26.5. The molecule has 1 unspecified atom stereocenters. The number of carbonyl (C=O) groups is 2. The average molecular weight is 562 g/mol. The second kappa shape index (κ2) is 9.38. The number of amides is 1. The molecule has 0 radical (unpaired) electrons. The van der Waals surface area contributed by atoms with Gasteiger partial charge in [-0.1, -0.05) is 67.0 Å². The number of aliphatic hydroxyl groups is 1. The van der Waals surface area contributed by atoms with Crippen LogP contribution < -0.4 is 14.4 Å². The van der Waals surface area contributed by atoms with Crippen LogP contribution in [-0.4, -0.2) is 30.0 Å². The summed E-state index contributed by atoms with van der Waals surface area (Å²) in [5, 5.41) is 11.4. The zero-order valence-corrected chi connectivity index (χ0v) is 22.8. The summed E-state index contributed by atoms with van der Waals surface area (Å²) in [7, 11) is 0. The van der Waals surface area contributed by atoms with Gasteiger partial charge in [0.1, 0.15) is 19.0 Å². The molecule has 0 bridgehead atoms. The van der Waals surface area contributed by atoms with Crippen LogP contribution in [0, 0.1) is 6.92 Å². The Hall–Kier alpha value is -3.58. The lowest BCUT2D eigenvalue weighted by Gasteiger charge is -2.28. The van der Waals surface area contributed by atoms with Gasteiger partial charge >= 0.3 is 0 Å². The Labute approximate surface area is 224 Å². The lowest BCUT2D eigenvalue weighted by molar-refractivity contribution is -0.132. The monoisotopic (exact) mass is 561 g/mol. The first kappa shape index (κ1) is 25.1. The Balaban J connectivity index is 1.69. The SMILES string of the molecule is Cc1cc(/C(O)=C2\C(=O)C(=O)N(c3ccc4c(c3)OCCO4)C2c2ccc(C(C)(C)C)cc2)ccc1Br. The molecule has 0 spiro atoms. The van der Waals surface area contributed by atoms with Crippen molar-refractivity contribution in [3.05, 3.63) is 93.0 Å². The van der Waals surface area contributed by atoms with E-state index in [2.05, 4.69) is 36.7 Å². The van der Waals surface area contributed by atoms with E-state index in [1.165, 1.54) is 4.90 Å². The fourth-order valence-electron chi connectivity index (χ4n) is 4.71. The van der Waals surface area contributed by atoms with Crippen LogP contribution in [0.4, 0.5) is 5.69 Å². The number of hydrogen-bond acceptors (Lipinski definition) is 5. The van der Waals surface area contributed by atoms with Gasteiger partial charge in [0.25, 0.3) is 11.7 Å². The van der Waals surface area contributed by atoms with Crippen molar-refractivity contribution in [2.75, 3.05) is 18.1 Å². The van der Waals surface area contributed by atoms with E-state index in [0.29, 0.717) is 36.0 Å². The second-order valence-corrected chi connectivity index (χ2v) is 11.2. The topological polar surface area (TPSA) is 76.1 Å². The Kier molecular flexibility index (Phi) is 6.36. The normalized spacial score (nSPS) is 18.8. The van der Waals surface area contributed by atoms with Gasteiger partial charge in [-0.15, -0.1) is 0 Å². The van der Waals surface area contributed by atoms with Gasteiger partial charge in [-0.05, 0) is 53.3 Å². The van der Waals surface area contributed by atoms with Crippen molar-refractivity contribution in [1.82, 2.24) is 0 Å². The van der Waals surface area contributed by atoms with Gasteiger partial charge in [0.15, 0.2) is 11.5 Å². The number of aliphatic hydroxyl groups excluding tert-OH is 1. The highest BCUT2D eigenvalue weighted by Gasteiger charge is 2.47. The van der Waals surface area contributed by atoms with Crippen LogP contribution in [0.25, 0.3) is 5.76 Å². The molecule has 3 aromatic carbocycles. The third-order valence-corrected chi connectivity index (χ3v) is 7.66. The molecule has 2 aliphatic heterocycles. The number of Topliss-reactive ketones (excluding diaryl/α,β-unsaturated/α-hetero) is 1. The van der Waals surface area contributed by atoms with Crippen molar-refractivity contribution in [2.24, 2.45) is 0 Å². The number of halogens is 1. The molecule has 1 atom stereocenters. The number of ether oxygens (including phenoxy) is 2. The molecule has 1 N–H and O–H groups in total. The molecule has 2 heterocycles. The summed E-state index contributed by atoms with van der Waals surface area (Å²) >= 11 is 3.48. The number of carbonyl (C=O) groups excluding carboxylic acids is 2. The van der Waals surface area contributed by atoms with Crippen LogP contribution in [0.5, 0.6) is 11.5 Å². The summed E-state index contributed by atoms with van der Waals surface area (Å²) in [6.45, 7) is 9.12. The zero-order valence-electron chi connectivity index (χ0n) is 21.2. The third-order valence-electron chi connectivity index (χ3n) is 6.77. The van der Waals surface area contributed by atoms with Gasteiger partial charge in [0.05, 0.1) is 11.6 Å². The minimum absolute atomic E-state index is 0.0464. The lowest BCUT2D eigenvalue weighted by Crippen LogP contribution is -2.29. The summed E-state index contributed by atoms with van der Waals surface area (Å²) in [6.07, 6.45) is 0. The van der Waals surface area contributed by atoms with Gasteiger partial charge in [0, 0.05) is 21.8 Å². The average Bonchev–Trinajstić information content (AvgIpc) is 3.14. The molecule has 5 rings (SSSR count). The highest BCUT2D eigenvalue weighted by atomic mass is 79.9. The molecule has 3 aromatic rings. The second-order valence-electron chi connectivity index (χ2n) is 10.3. The number of anilines is 1. The minimum Gasteiger partial charge on any atom is -0.507 e. The number of rotatable bonds is 3. The number of fused-ring (bicyclic) bond motifs is 1. The maximum Gasteiger partial charge on any atom is 0.300 e. The lowest BCUT2D eigenvalue weighted by atomic mass is 9.85. The van der Waals surface area contributed by atoms with Crippen LogP contribution in [0.2, 0.25) is 0 Å². The quantitative estimate of drug-likeness (QED) is 0.226. The van der Waals surface area contributed by atoms with Crippen molar-refractivity contribution < 1.29 is 24.2 Å². The first-order valence-electron chi connectivity index (χ1n) is 12.1. The van der Waals surface area contributed by atoms with E-state index in [9.17, 15) is 14.7 Å². The molecular weight excluding hydrogens is 534 g/mol. The van der Waals surface area contributed by atoms with Gasteiger partial charge in [-0.3, -0.25) is 14.5 Å². The molecule has 0 saturated carbocycles. The standard InChI is InChI=1S/C30H28BrNO5/c1-17-15-19(7-11-22(17)31)27(33)25-26(18-5-8-20(9-6-18)30(2,3)4)32(29(35)28(25)34)21-10-12-23-24(16-21)37-14-13-36-23/h5-12,15-16,26,33H,13-14H2,1-4H3/b27-25+. The molecule has 7 heteroatoms. The highest BCUT2D eigenvalue weighted by Crippen LogP contribution is 2.45. The molecule has 37 heavy (non-hydrogen) atoms. The molecule has 190 valence electrons. The van der Waals surface area contributed by atoms with Gasteiger partial charge in [-0.25, -0.2) is 0 Å². The van der Waals surface area contributed by atoms with Gasteiger partial charge < -0.3 is 14.6 Å². The van der Waals surface area contributed by atoms with Crippen LogP contribution in [0.15, 0.2) is 70.7 Å². The molecule has 0 aromatic heterocycles. The first-order chi connectivity index (χ1) is 17.6. The van der Waals surface area contributed by atoms with Crippen LogP contribution in [0.3, 0.4) is 0 Å². The largest absolute Gasteiger partial charge is 0.507 e. The Morgan fingerprint density at radius 2 is 1.62 bits per heavy atom. The number of aryl methyl sites for hydroxylation is 1. The van der Waals surface area contributed by atoms with E-state index in [1.54, 1.807) is 30.3 Å². The van der Waals surface area contributed by atoms with Crippen LogP contribution in [0.1, 0.15) is 49.1 Å².